The smallest absolute Gasteiger partial charge is 0.417 e. The van der Waals surface area contributed by atoms with E-state index >= 15 is 0 Å². The minimum atomic E-state index is -4.36. The molecule has 0 aliphatic carbocycles. The Hall–Kier alpha value is -2.16. The Kier molecular flexibility index (Phi) is 5.22. The van der Waals surface area contributed by atoms with Crippen molar-refractivity contribution in [2.75, 3.05) is 31.1 Å². The van der Waals surface area contributed by atoms with Gasteiger partial charge in [-0.1, -0.05) is 6.92 Å². The molecular weight excluding hydrogens is 335 g/mol. The maximum atomic E-state index is 12.6. The second-order valence-electron chi connectivity index (χ2n) is 5.96. The van der Waals surface area contributed by atoms with Crippen LogP contribution in [0.25, 0.3) is 0 Å². The Morgan fingerprint density at radius 3 is 2.52 bits per heavy atom. The summed E-state index contributed by atoms with van der Waals surface area (Å²) in [4.78, 5) is 8.19. The molecule has 136 valence electrons. The molecule has 0 bridgehead atoms. The van der Waals surface area contributed by atoms with Crippen molar-refractivity contribution in [1.29, 1.82) is 0 Å². The van der Waals surface area contributed by atoms with E-state index in [9.17, 15) is 13.2 Å². The zero-order valence-corrected chi connectivity index (χ0v) is 14.0. The lowest BCUT2D eigenvalue weighted by atomic mass is 10.2. The fourth-order valence-electron chi connectivity index (χ4n) is 2.79. The molecular formula is C16H20F3N5O. The molecule has 0 unspecified atom stereocenters. The molecule has 0 aromatic carbocycles. The van der Waals surface area contributed by atoms with Gasteiger partial charge in [-0.15, -0.1) is 10.2 Å². The topological polar surface area (TPSA) is 58.3 Å². The zero-order valence-electron chi connectivity index (χ0n) is 14.0. The highest BCUT2D eigenvalue weighted by Gasteiger charge is 2.31. The van der Waals surface area contributed by atoms with E-state index in [0.29, 0.717) is 37.1 Å². The summed E-state index contributed by atoms with van der Waals surface area (Å²) < 4.78 is 43.4. The van der Waals surface area contributed by atoms with Crippen LogP contribution in [0, 0.1) is 0 Å². The van der Waals surface area contributed by atoms with Gasteiger partial charge in [-0.3, -0.25) is 4.90 Å². The van der Waals surface area contributed by atoms with E-state index in [1.807, 2.05) is 11.8 Å². The molecule has 0 atom stereocenters. The van der Waals surface area contributed by atoms with Gasteiger partial charge in [0.2, 0.25) is 11.8 Å². The number of hydrogen-bond donors (Lipinski definition) is 0. The molecule has 3 rings (SSSR count). The van der Waals surface area contributed by atoms with Crippen molar-refractivity contribution < 1.29 is 17.6 Å². The summed E-state index contributed by atoms with van der Waals surface area (Å²) in [6, 6.07) is 2.51. The number of halogens is 3. The van der Waals surface area contributed by atoms with Crippen molar-refractivity contribution in [3.05, 3.63) is 35.7 Å². The third kappa shape index (κ3) is 4.47. The first-order valence-electron chi connectivity index (χ1n) is 8.27. The van der Waals surface area contributed by atoms with Crippen molar-refractivity contribution in [2.24, 2.45) is 0 Å². The molecule has 1 fully saturated rings. The first-order chi connectivity index (χ1) is 12.0. The van der Waals surface area contributed by atoms with Gasteiger partial charge in [-0.25, -0.2) is 4.98 Å². The van der Waals surface area contributed by atoms with Crippen LogP contribution in [0.1, 0.15) is 30.7 Å². The largest absolute Gasteiger partial charge is 0.424 e. The van der Waals surface area contributed by atoms with Crippen LogP contribution < -0.4 is 4.90 Å². The second kappa shape index (κ2) is 7.38. The highest BCUT2D eigenvalue weighted by Crippen LogP contribution is 2.29. The molecule has 3 heterocycles. The molecule has 0 spiro atoms. The summed E-state index contributed by atoms with van der Waals surface area (Å²) >= 11 is 0. The van der Waals surface area contributed by atoms with Gasteiger partial charge >= 0.3 is 6.18 Å². The van der Waals surface area contributed by atoms with E-state index in [-0.39, 0.29) is 0 Å². The highest BCUT2D eigenvalue weighted by atomic mass is 19.4. The number of aromatic nitrogens is 3. The van der Waals surface area contributed by atoms with Crippen LogP contribution in [0.15, 0.2) is 22.7 Å². The van der Waals surface area contributed by atoms with Crippen LogP contribution in [-0.2, 0) is 19.1 Å². The lowest BCUT2D eigenvalue weighted by Gasteiger charge is -2.22. The first kappa shape index (κ1) is 17.7. The number of rotatable bonds is 4. The number of pyridine rings is 1. The second-order valence-corrected chi connectivity index (χ2v) is 5.96. The Morgan fingerprint density at radius 1 is 1.08 bits per heavy atom. The highest BCUT2D eigenvalue weighted by molar-refractivity contribution is 5.40. The Balaban J connectivity index is 1.59. The van der Waals surface area contributed by atoms with Crippen molar-refractivity contribution in [2.45, 2.75) is 32.5 Å². The van der Waals surface area contributed by atoms with E-state index < -0.39 is 11.7 Å². The van der Waals surface area contributed by atoms with Crippen molar-refractivity contribution in [1.82, 2.24) is 20.1 Å². The molecule has 2 aromatic heterocycles. The van der Waals surface area contributed by atoms with Crippen LogP contribution in [0.4, 0.5) is 19.0 Å². The number of alkyl halides is 3. The number of aryl methyl sites for hydroxylation is 1. The quantitative estimate of drug-likeness (QED) is 0.841. The Bertz CT molecular complexity index is 686. The molecule has 0 saturated carbocycles. The number of anilines is 1. The summed E-state index contributed by atoms with van der Waals surface area (Å²) in [7, 11) is 0. The summed E-state index contributed by atoms with van der Waals surface area (Å²) in [6.07, 6.45) is -1.87. The summed E-state index contributed by atoms with van der Waals surface area (Å²) in [5.41, 5.74) is -0.726. The minimum Gasteiger partial charge on any atom is -0.424 e. The molecule has 9 heteroatoms. The fourth-order valence-corrected chi connectivity index (χ4v) is 2.79. The van der Waals surface area contributed by atoms with Crippen LogP contribution in [-0.4, -0.2) is 46.3 Å². The third-order valence-electron chi connectivity index (χ3n) is 4.16. The van der Waals surface area contributed by atoms with E-state index in [0.717, 1.165) is 38.3 Å². The predicted molar refractivity (Wildman–Crippen MR) is 85.0 cm³/mol. The molecule has 25 heavy (non-hydrogen) atoms. The van der Waals surface area contributed by atoms with Crippen LogP contribution in [0.3, 0.4) is 0 Å². The monoisotopic (exact) mass is 355 g/mol. The van der Waals surface area contributed by atoms with E-state index in [4.69, 9.17) is 4.42 Å². The Labute approximate surface area is 143 Å². The van der Waals surface area contributed by atoms with Gasteiger partial charge in [-0.2, -0.15) is 13.2 Å². The summed E-state index contributed by atoms with van der Waals surface area (Å²) in [5.74, 6) is 1.79. The lowest BCUT2D eigenvalue weighted by Crippen LogP contribution is -2.31. The van der Waals surface area contributed by atoms with Gasteiger partial charge in [-0.05, 0) is 18.6 Å². The SMILES string of the molecule is CCc1nnc(CN2CCCN(c3ccc(C(F)(F)F)cn3)CC2)o1. The molecule has 0 N–H and O–H groups in total. The van der Waals surface area contributed by atoms with Gasteiger partial charge in [0.05, 0.1) is 12.1 Å². The molecule has 1 aliphatic rings. The third-order valence-corrected chi connectivity index (χ3v) is 4.16. The fraction of sp³-hybridized carbons (Fsp3) is 0.562. The van der Waals surface area contributed by atoms with E-state index in [2.05, 4.69) is 20.1 Å². The van der Waals surface area contributed by atoms with Crippen molar-refractivity contribution >= 4 is 5.82 Å². The van der Waals surface area contributed by atoms with Gasteiger partial charge in [0, 0.05) is 38.8 Å². The van der Waals surface area contributed by atoms with Crippen LogP contribution >= 0.6 is 0 Å². The molecule has 1 saturated heterocycles. The molecule has 6 nitrogen and oxygen atoms in total. The molecule has 0 amide bonds. The maximum Gasteiger partial charge on any atom is 0.417 e. The normalized spacial score (nSPS) is 16.9. The minimum absolute atomic E-state index is 0.570. The summed E-state index contributed by atoms with van der Waals surface area (Å²) in [5, 5.41) is 7.99. The van der Waals surface area contributed by atoms with Crippen molar-refractivity contribution in [3.8, 4) is 0 Å². The van der Waals surface area contributed by atoms with Gasteiger partial charge in [0.1, 0.15) is 5.82 Å². The predicted octanol–water partition coefficient (Wildman–Crippen LogP) is 2.76. The first-order valence-corrected chi connectivity index (χ1v) is 8.27. The number of hydrogen-bond acceptors (Lipinski definition) is 6. The van der Waals surface area contributed by atoms with Crippen LogP contribution in [0.5, 0.6) is 0 Å². The molecule has 1 aliphatic heterocycles. The average molecular weight is 355 g/mol. The van der Waals surface area contributed by atoms with Gasteiger partial charge < -0.3 is 9.32 Å². The van der Waals surface area contributed by atoms with E-state index in [1.165, 1.54) is 6.07 Å². The standard InChI is InChI=1S/C16H20F3N5O/c1-2-14-21-22-15(25-14)11-23-6-3-7-24(9-8-23)13-5-4-12(10-20-13)16(17,18)19/h4-5,10H,2-3,6-9,11H2,1H3. The van der Waals surface area contributed by atoms with E-state index in [1.54, 1.807) is 0 Å². The number of nitrogens with zero attached hydrogens (tertiary/aromatic N) is 5. The zero-order chi connectivity index (χ0) is 17.9. The Morgan fingerprint density at radius 2 is 1.88 bits per heavy atom. The summed E-state index contributed by atoms with van der Waals surface area (Å²) in [6.45, 7) is 5.60. The molecule has 2 aromatic rings. The van der Waals surface area contributed by atoms with Crippen molar-refractivity contribution in [3.63, 3.8) is 0 Å². The average Bonchev–Trinajstić information content (AvgIpc) is 2.91. The lowest BCUT2D eigenvalue weighted by molar-refractivity contribution is -0.137. The van der Waals surface area contributed by atoms with Crippen LogP contribution in [0.2, 0.25) is 0 Å². The van der Waals surface area contributed by atoms with Gasteiger partial charge in [0.15, 0.2) is 0 Å². The van der Waals surface area contributed by atoms with Gasteiger partial charge in [0.25, 0.3) is 0 Å². The maximum absolute atomic E-state index is 12.6. The molecule has 0 radical (unpaired) electrons.